The van der Waals surface area contributed by atoms with E-state index in [1.54, 1.807) is 7.11 Å². The molecule has 0 aromatic heterocycles. The molecule has 1 unspecified atom stereocenters. The molecule has 2 nitrogen and oxygen atoms in total. The van der Waals surface area contributed by atoms with Crippen molar-refractivity contribution in [3.8, 4) is 5.75 Å². The fourth-order valence-corrected chi connectivity index (χ4v) is 2.81. The van der Waals surface area contributed by atoms with Gasteiger partial charge in [0, 0.05) is 4.47 Å². The van der Waals surface area contributed by atoms with Crippen molar-refractivity contribution >= 4 is 15.9 Å². The Bertz CT molecular complexity index is 573. The van der Waals surface area contributed by atoms with E-state index < -0.39 is 6.10 Å². The maximum atomic E-state index is 10.5. The second-order valence-electron chi connectivity index (χ2n) is 4.69. The highest BCUT2D eigenvalue weighted by atomic mass is 79.9. The number of aliphatic hydroxyl groups excluding tert-OH is 1. The summed E-state index contributed by atoms with van der Waals surface area (Å²) in [4.78, 5) is 0. The van der Waals surface area contributed by atoms with Crippen molar-refractivity contribution < 1.29 is 9.84 Å². The van der Waals surface area contributed by atoms with Gasteiger partial charge in [-0.3, -0.25) is 0 Å². The zero-order chi connectivity index (χ0) is 14.0. The van der Waals surface area contributed by atoms with Crippen LogP contribution in [0.4, 0.5) is 0 Å². The summed E-state index contributed by atoms with van der Waals surface area (Å²) in [6.07, 6.45) is -0.624. The molecule has 0 fully saturated rings. The minimum atomic E-state index is -0.624. The molecule has 0 amide bonds. The van der Waals surface area contributed by atoms with Crippen LogP contribution < -0.4 is 4.74 Å². The molecule has 0 aliphatic heterocycles. The first-order valence-corrected chi connectivity index (χ1v) is 6.90. The number of hydrogen-bond acceptors (Lipinski definition) is 2. The normalized spacial score (nSPS) is 12.3. The first-order chi connectivity index (χ1) is 9.01. The third-order valence-corrected chi connectivity index (χ3v) is 3.57. The summed E-state index contributed by atoms with van der Waals surface area (Å²) < 4.78 is 6.21. The molecule has 0 radical (unpaired) electrons. The van der Waals surface area contributed by atoms with Crippen LogP contribution in [0.5, 0.6) is 5.75 Å². The predicted octanol–water partition coefficient (Wildman–Crippen LogP) is 4.16. The van der Waals surface area contributed by atoms with Gasteiger partial charge in [0.2, 0.25) is 0 Å². The molecule has 1 atom stereocenters. The average Bonchev–Trinajstić information content (AvgIpc) is 2.36. The fraction of sp³-hybridized carbons (Fsp3) is 0.250. The highest BCUT2D eigenvalue weighted by molar-refractivity contribution is 9.10. The monoisotopic (exact) mass is 320 g/mol. The van der Waals surface area contributed by atoms with E-state index in [0.29, 0.717) is 0 Å². The zero-order valence-electron chi connectivity index (χ0n) is 11.3. The highest BCUT2D eigenvalue weighted by Gasteiger charge is 2.12. The van der Waals surface area contributed by atoms with Gasteiger partial charge in [-0.15, -0.1) is 0 Å². The van der Waals surface area contributed by atoms with Crippen LogP contribution in [0.1, 0.15) is 28.4 Å². The van der Waals surface area contributed by atoms with Crippen molar-refractivity contribution in [3.05, 3.63) is 63.1 Å². The Morgan fingerprint density at radius 1 is 1.05 bits per heavy atom. The lowest BCUT2D eigenvalue weighted by atomic mass is 9.98. The highest BCUT2D eigenvalue weighted by Crippen LogP contribution is 2.28. The molecule has 100 valence electrons. The fourth-order valence-electron chi connectivity index (χ4n) is 2.19. The summed E-state index contributed by atoms with van der Waals surface area (Å²) in [5, 5.41) is 10.5. The number of hydrogen-bond donors (Lipinski definition) is 1. The van der Waals surface area contributed by atoms with Gasteiger partial charge in [-0.2, -0.15) is 0 Å². The van der Waals surface area contributed by atoms with Crippen molar-refractivity contribution in [2.24, 2.45) is 0 Å². The van der Waals surface area contributed by atoms with Gasteiger partial charge in [-0.25, -0.2) is 0 Å². The Morgan fingerprint density at radius 2 is 1.79 bits per heavy atom. The Labute approximate surface area is 122 Å². The Morgan fingerprint density at radius 3 is 2.37 bits per heavy atom. The number of benzene rings is 2. The summed E-state index contributed by atoms with van der Waals surface area (Å²) in [7, 11) is 1.65. The van der Waals surface area contributed by atoms with Crippen LogP contribution in [0.2, 0.25) is 0 Å². The molecule has 2 rings (SSSR count). The van der Waals surface area contributed by atoms with Crippen molar-refractivity contribution in [3.63, 3.8) is 0 Å². The van der Waals surface area contributed by atoms with Crippen LogP contribution in [0.25, 0.3) is 0 Å². The van der Waals surface area contributed by atoms with Crippen molar-refractivity contribution in [1.29, 1.82) is 0 Å². The van der Waals surface area contributed by atoms with Crippen molar-refractivity contribution in [1.82, 2.24) is 0 Å². The molecule has 0 spiro atoms. The minimum Gasteiger partial charge on any atom is -0.496 e. The second kappa shape index (κ2) is 5.76. The Kier molecular flexibility index (Phi) is 4.27. The van der Waals surface area contributed by atoms with E-state index >= 15 is 0 Å². The van der Waals surface area contributed by atoms with E-state index in [1.807, 2.05) is 50.2 Å². The molecule has 3 heteroatoms. The van der Waals surface area contributed by atoms with Crippen LogP contribution in [-0.2, 0) is 0 Å². The SMILES string of the molecule is COc1ccc(C(O)c2cc(C)cc(Br)c2)cc1C. The first-order valence-electron chi connectivity index (χ1n) is 6.11. The summed E-state index contributed by atoms with van der Waals surface area (Å²) in [6, 6.07) is 11.7. The van der Waals surface area contributed by atoms with E-state index in [1.165, 1.54) is 0 Å². The molecule has 0 saturated carbocycles. The van der Waals surface area contributed by atoms with Gasteiger partial charge < -0.3 is 9.84 Å². The molecule has 1 N–H and O–H groups in total. The lowest BCUT2D eigenvalue weighted by molar-refractivity contribution is 0.220. The van der Waals surface area contributed by atoms with Gasteiger partial charge in [0.15, 0.2) is 0 Å². The van der Waals surface area contributed by atoms with Gasteiger partial charge in [-0.05, 0) is 60.4 Å². The van der Waals surface area contributed by atoms with Crippen molar-refractivity contribution in [2.75, 3.05) is 7.11 Å². The van der Waals surface area contributed by atoms with Crippen molar-refractivity contribution in [2.45, 2.75) is 20.0 Å². The number of aryl methyl sites for hydroxylation is 2. The molecule has 0 saturated heterocycles. The Balaban J connectivity index is 2.38. The number of aliphatic hydroxyl groups is 1. The summed E-state index contributed by atoms with van der Waals surface area (Å²) in [6.45, 7) is 3.99. The zero-order valence-corrected chi connectivity index (χ0v) is 12.9. The molecular weight excluding hydrogens is 304 g/mol. The molecule has 2 aromatic carbocycles. The van der Waals surface area contributed by atoms with Gasteiger partial charge in [0.25, 0.3) is 0 Å². The lowest BCUT2D eigenvalue weighted by Crippen LogP contribution is -2.01. The third-order valence-electron chi connectivity index (χ3n) is 3.11. The lowest BCUT2D eigenvalue weighted by Gasteiger charge is -2.15. The van der Waals surface area contributed by atoms with E-state index in [9.17, 15) is 5.11 Å². The summed E-state index contributed by atoms with van der Waals surface area (Å²) in [5.74, 6) is 0.835. The Hall–Kier alpha value is -1.32. The summed E-state index contributed by atoms with van der Waals surface area (Å²) in [5.41, 5.74) is 3.90. The van der Waals surface area contributed by atoms with Crippen LogP contribution >= 0.6 is 15.9 Å². The van der Waals surface area contributed by atoms with E-state index in [2.05, 4.69) is 15.9 Å². The molecule has 19 heavy (non-hydrogen) atoms. The molecule has 0 aliphatic rings. The standard InChI is InChI=1S/C16H17BrO2/c1-10-6-13(9-14(17)7-10)16(18)12-4-5-15(19-3)11(2)8-12/h4-9,16,18H,1-3H3. The smallest absolute Gasteiger partial charge is 0.121 e. The van der Waals surface area contributed by atoms with Crippen LogP contribution in [-0.4, -0.2) is 12.2 Å². The van der Waals surface area contributed by atoms with Crippen LogP contribution in [0.15, 0.2) is 40.9 Å². The number of ether oxygens (including phenoxy) is 1. The van der Waals surface area contributed by atoms with Gasteiger partial charge in [0.1, 0.15) is 11.9 Å². The van der Waals surface area contributed by atoms with Gasteiger partial charge >= 0.3 is 0 Å². The third kappa shape index (κ3) is 3.17. The van der Waals surface area contributed by atoms with Gasteiger partial charge in [0.05, 0.1) is 7.11 Å². The maximum Gasteiger partial charge on any atom is 0.121 e. The number of rotatable bonds is 3. The molecule has 2 aromatic rings. The van der Waals surface area contributed by atoms with Gasteiger partial charge in [-0.1, -0.05) is 28.1 Å². The van der Waals surface area contributed by atoms with E-state index in [4.69, 9.17) is 4.74 Å². The molecule has 0 aliphatic carbocycles. The maximum absolute atomic E-state index is 10.5. The van der Waals surface area contributed by atoms with E-state index in [0.717, 1.165) is 32.5 Å². The molecule has 0 bridgehead atoms. The quantitative estimate of drug-likeness (QED) is 0.920. The summed E-state index contributed by atoms with van der Waals surface area (Å²) >= 11 is 3.46. The molecular formula is C16H17BrO2. The number of methoxy groups -OCH3 is 1. The second-order valence-corrected chi connectivity index (χ2v) is 5.61. The van der Waals surface area contributed by atoms with Crippen LogP contribution in [0, 0.1) is 13.8 Å². The van der Waals surface area contributed by atoms with Crippen LogP contribution in [0.3, 0.4) is 0 Å². The predicted molar refractivity (Wildman–Crippen MR) is 80.7 cm³/mol. The van der Waals surface area contributed by atoms with E-state index in [-0.39, 0.29) is 0 Å². The number of halogens is 1. The average molecular weight is 321 g/mol. The molecule has 0 heterocycles. The minimum absolute atomic E-state index is 0.624. The largest absolute Gasteiger partial charge is 0.496 e. The topological polar surface area (TPSA) is 29.5 Å². The first kappa shape index (κ1) is 14.1.